The van der Waals surface area contributed by atoms with E-state index >= 15 is 0 Å². The van der Waals surface area contributed by atoms with Crippen molar-refractivity contribution < 1.29 is 37.4 Å². The first-order chi connectivity index (χ1) is 16.4. The molecule has 0 radical (unpaired) electrons. The third-order valence-electron chi connectivity index (χ3n) is 7.45. The number of likely N-dealkylation sites (tertiary alicyclic amines) is 2. The number of amides is 2. The van der Waals surface area contributed by atoms with Gasteiger partial charge >= 0.3 is 6.09 Å². The fourth-order valence-corrected chi connectivity index (χ4v) is 5.56. The summed E-state index contributed by atoms with van der Waals surface area (Å²) in [6, 6.07) is 6.21. The van der Waals surface area contributed by atoms with Gasteiger partial charge < -0.3 is 20.0 Å². The van der Waals surface area contributed by atoms with Gasteiger partial charge in [-0.25, -0.2) is 22.4 Å². The van der Waals surface area contributed by atoms with E-state index in [0.717, 1.165) is 23.1 Å². The van der Waals surface area contributed by atoms with Crippen LogP contribution in [-0.4, -0.2) is 58.2 Å². The van der Waals surface area contributed by atoms with E-state index in [4.69, 9.17) is 0 Å². The molecule has 0 bridgehead atoms. The van der Waals surface area contributed by atoms with Gasteiger partial charge in [0.25, 0.3) is 0 Å². The first kappa shape index (κ1) is 25.0. The number of hydrogen-bond acceptors (Lipinski definition) is 3. The largest absolute Gasteiger partial charge is 0.465 e. The molecule has 2 aliphatic heterocycles. The standard InChI is InChI=1S/C25H26F4N2O4/c1-13-9-30(10-14(2)25(13,35)15-3-6-20(27)22(29)7-15)23(32)19-12-31(24(33)34)11-18(19)17-5-4-16(26)8-21(17)28/h3-8,13-14,18-19,35H,9-12H2,1-2H3,(H,33,34)/t13-,14+,18-,19+,25+/m0/s1. The molecule has 2 fully saturated rings. The summed E-state index contributed by atoms with van der Waals surface area (Å²) in [6.45, 7) is 3.25. The Balaban J connectivity index is 1.60. The van der Waals surface area contributed by atoms with E-state index < -0.39 is 64.5 Å². The molecule has 10 heteroatoms. The zero-order valence-corrected chi connectivity index (χ0v) is 19.2. The summed E-state index contributed by atoms with van der Waals surface area (Å²) in [5.41, 5.74) is -1.27. The second-order valence-electron chi connectivity index (χ2n) is 9.57. The van der Waals surface area contributed by atoms with E-state index in [0.29, 0.717) is 6.07 Å². The van der Waals surface area contributed by atoms with Crippen molar-refractivity contribution in [3.05, 3.63) is 70.8 Å². The molecule has 0 aliphatic carbocycles. The van der Waals surface area contributed by atoms with Crippen molar-refractivity contribution in [3.8, 4) is 0 Å². The fourth-order valence-electron chi connectivity index (χ4n) is 5.56. The minimum absolute atomic E-state index is 0.0601. The molecule has 2 aromatic carbocycles. The summed E-state index contributed by atoms with van der Waals surface area (Å²) in [5, 5.41) is 20.9. The van der Waals surface area contributed by atoms with Gasteiger partial charge in [0.1, 0.15) is 11.6 Å². The molecule has 5 atom stereocenters. The van der Waals surface area contributed by atoms with Crippen molar-refractivity contribution >= 4 is 12.0 Å². The summed E-state index contributed by atoms with van der Waals surface area (Å²) in [5.74, 6) is -7.02. The number of hydrogen-bond donors (Lipinski definition) is 2. The molecule has 0 aromatic heterocycles. The van der Waals surface area contributed by atoms with Crippen LogP contribution in [0.2, 0.25) is 0 Å². The van der Waals surface area contributed by atoms with Crippen LogP contribution >= 0.6 is 0 Å². The number of benzene rings is 2. The number of piperidine rings is 1. The van der Waals surface area contributed by atoms with E-state index in [1.165, 1.54) is 17.0 Å². The SMILES string of the molecule is C[C@@H]1CN(C(=O)[C@@H]2CN(C(=O)O)C[C@H]2c2ccc(F)cc2F)C[C@H](C)[C@]1(O)c1ccc(F)c(F)c1. The molecule has 0 saturated carbocycles. The number of carbonyl (C=O) groups excluding carboxylic acids is 1. The lowest BCUT2D eigenvalue weighted by atomic mass is 9.70. The lowest BCUT2D eigenvalue weighted by Crippen LogP contribution is -2.57. The second-order valence-corrected chi connectivity index (χ2v) is 9.57. The third-order valence-corrected chi connectivity index (χ3v) is 7.45. The van der Waals surface area contributed by atoms with Crippen LogP contribution in [0.3, 0.4) is 0 Å². The average Bonchev–Trinajstić information content (AvgIpc) is 3.24. The van der Waals surface area contributed by atoms with Gasteiger partial charge in [-0.15, -0.1) is 0 Å². The Morgan fingerprint density at radius 2 is 1.51 bits per heavy atom. The quantitative estimate of drug-likeness (QED) is 0.634. The van der Waals surface area contributed by atoms with Crippen molar-refractivity contribution in [2.45, 2.75) is 25.4 Å². The van der Waals surface area contributed by atoms with Gasteiger partial charge in [0.05, 0.1) is 11.5 Å². The summed E-state index contributed by atoms with van der Waals surface area (Å²) in [7, 11) is 0. The number of halogens is 4. The lowest BCUT2D eigenvalue weighted by molar-refractivity contribution is -0.152. The Bertz CT molecular complexity index is 1150. The highest BCUT2D eigenvalue weighted by molar-refractivity contribution is 5.82. The maximum atomic E-state index is 14.6. The Morgan fingerprint density at radius 1 is 0.857 bits per heavy atom. The molecule has 2 N–H and O–H groups in total. The Labute approximate surface area is 199 Å². The molecule has 2 amide bonds. The zero-order chi connectivity index (χ0) is 25.7. The smallest absolute Gasteiger partial charge is 0.407 e. The molecular weight excluding hydrogens is 468 g/mol. The average molecular weight is 494 g/mol. The summed E-state index contributed by atoms with van der Waals surface area (Å²) in [4.78, 5) is 27.7. The van der Waals surface area contributed by atoms with E-state index in [9.17, 15) is 37.4 Å². The van der Waals surface area contributed by atoms with Crippen LogP contribution in [0.5, 0.6) is 0 Å². The van der Waals surface area contributed by atoms with Crippen molar-refractivity contribution in [3.63, 3.8) is 0 Å². The Hall–Kier alpha value is -3.14. The van der Waals surface area contributed by atoms with Gasteiger partial charge in [-0.1, -0.05) is 26.0 Å². The molecule has 0 unspecified atom stereocenters. The Morgan fingerprint density at radius 3 is 2.09 bits per heavy atom. The number of carboxylic acid groups (broad SMARTS) is 1. The van der Waals surface area contributed by atoms with Crippen LogP contribution < -0.4 is 0 Å². The second kappa shape index (κ2) is 9.14. The normalized spacial score (nSPS) is 28.9. The highest BCUT2D eigenvalue weighted by atomic mass is 19.2. The van der Waals surface area contributed by atoms with E-state index in [1.807, 2.05) is 0 Å². The van der Waals surface area contributed by atoms with Crippen LogP contribution in [0, 0.1) is 41.0 Å². The third kappa shape index (κ3) is 4.35. The Kier molecular flexibility index (Phi) is 6.52. The molecule has 2 aliphatic rings. The molecule has 2 saturated heterocycles. The molecule has 35 heavy (non-hydrogen) atoms. The molecular formula is C25H26F4N2O4. The molecule has 4 rings (SSSR count). The summed E-state index contributed by atoms with van der Waals surface area (Å²) in [6.07, 6.45) is -1.25. The highest BCUT2D eigenvalue weighted by Crippen LogP contribution is 2.43. The minimum Gasteiger partial charge on any atom is -0.465 e. The van der Waals surface area contributed by atoms with Gasteiger partial charge in [-0.2, -0.15) is 0 Å². The van der Waals surface area contributed by atoms with Crippen molar-refractivity contribution in [2.75, 3.05) is 26.2 Å². The van der Waals surface area contributed by atoms with E-state index in [1.54, 1.807) is 13.8 Å². The molecule has 188 valence electrons. The van der Waals surface area contributed by atoms with Crippen LogP contribution in [0.4, 0.5) is 22.4 Å². The predicted molar refractivity (Wildman–Crippen MR) is 117 cm³/mol. The van der Waals surface area contributed by atoms with E-state index in [2.05, 4.69) is 0 Å². The topological polar surface area (TPSA) is 81.1 Å². The summed E-state index contributed by atoms with van der Waals surface area (Å²) >= 11 is 0. The van der Waals surface area contributed by atoms with Crippen LogP contribution in [0.1, 0.15) is 30.9 Å². The number of carbonyl (C=O) groups is 2. The minimum atomic E-state index is -1.53. The van der Waals surface area contributed by atoms with Crippen molar-refractivity contribution in [2.24, 2.45) is 17.8 Å². The molecule has 6 nitrogen and oxygen atoms in total. The van der Waals surface area contributed by atoms with Crippen LogP contribution in [-0.2, 0) is 10.4 Å². The maximum Gasteiger partial charge on any atom is 0.407 e. The van der Waals surface area contributed by atoms with Crippen molar-refractivity contribution in [1.29, 1.82) is 0 Å². The van der Waals surface area contributed by atoms with Gasteiger partial charge in [0.2, 0.25) is 5.91 Å². The van der Waals surface area contributed by atoms with Gasteiger partial charge in [-0.05, 0) is 29.3 Å². The molecule has 2 aromatic rings. The number of nitrogens with zero attached hydrogens (tertiary/aromatic N) is 2. The number of aliphatic hydroxyl groups is 1. The van der Waals surface area contributed by atoms with Crippen LogP contribution in [0.25, 0.3) is 0 Å². The van der Waals surface area contributed by atoms with Crippen LogP contribution in [0.15, 0.2) is 36.4 Å². The first-order valence-corrected chi connectivity index (χ1v) is 11.3. The highest BCUT2D eigenvalue weighted by Gasteiger charge is 2.50. The summed E-state index contributed by atoms with van der Waals surface area (Å²) < 4.78 is 55.3. The van der Waals surface area contributed by atoms with Gasteiger partial charge in [0, 0.05) is 50.0 Å². The monoisotopic (exact) mass is 494 g/mol. The fraction of sp³-hybridized carbons (Fsp3) is 0.440. The lowest BCUT2D eigenvalue weighted by Gasteiger charge is -2.48. The van der Waals surface area contributed by atoms with Gasteiger partial charge in [-0.3, -0.25) is 4.79 Å². The first-order valence-electron chi connectivity index (χ1n) is 11.3. The maximum absolute atomic E-state index is 14.6. The molecule has 2 heterocycles. The number of rotatable bonds is 3. The van der Waals surface area contributed by atoms with Crippen molar-refractivity contribution in [1.82, 2.24) is 9.80 Å². The zero-order valence-electron chi connectivity index (χ0n) is 19.2. The van der Waals surface area contributed by atoms with Gasteiger partial charge in [0.15, 0.2) is 11.6 Å². The van der Waals surface area contributed by atoms with E-state index in [-0.39, 0.29) is 37.3 Å². The molecule has 0 spiro atoms. The predicted octanol–water partition coefficient (Wildman–Crippen LogP) is 3.94.